The Balaban J connectivity index is 0.00000261. The second-order valence-corrected chi connectivity index (χ2v) is 5.88. The van der Waals surface area contributed by atoms with E-state index < -0.39 is 0 Å². The molecule has 8 nitrogen and oxygen atoms in total. The molecular weight excluding hydrogens is 457 g/mol. The Hall–Kier alpha value is -2.43. The van der Waals surface area contributed by atoms with Gasteiger partial charge < -0.3 is 20.9 Å². The molecule has 1 aliphatic rings. The minimum Gasteiger partial charge on any atom is -0.370 e. The van der Waals surface area contributed by atoms with Gasteiger partial charge in [0, 0.05) is 50.7 Å². The van der Waals surface area contributed by atoms with E-state index in [4.69, 9.17) is 5.73 Å². The summed E-state index contributed by atoms with van der Waals surface area (Å²) in [6, 6.07) is 10.9. The molecule has 0 unspecified atom stereocenters. The number of aliphatic imine (C=N–C) groups is 1. The lowest BCUT2D eigenvalue weighted by atomic mass is 10.2. The average Bonchev–Trinajstić information content (AvgIpc) is 2.72. The zero-order valence-electron chi connectivity index (χ0n) is 15.0. The summed E-state index contributed by atoms with van der Waals surface area (Å²) in [7, 11) is 0. The van der Waals surface area contributed by atoms with Crippen LogP contribution in [0.1, 0.15) is 10.4 Å². The van der Waals surface area contributed by atoms with Gasteiger partial charge in [-0.05, 0) is 18.2 Å². The van der Waals surface area contributed by atoms with E-state index in [1.165, 1.54) is 0 Å². The molecule has 9 heteroatoms. The minimum atomic E-state index is -0.101. The Morgan fingerprint density at radius 2 is 1.74 bits per heavy atom. The number of halogens is 1. The van der Waals surface area contributed by atoms with Gasteiger partial charge in [-0.1, -0.05) is 18.2 Å². The van der Waals surface area contributed by atoms with E-state index >= 15 is 0 Å². The zero-order valence-corrected chi connectivity index (χ0v) is 17.3. The normalized spacial score (nSPS) is 14.4. The number of carbonyl (C=O) groups is 1. The molecule has 0 bridgehead atoms. The molecule has 144 valence electrons. The third-order valence-corrected chi connectivity index (χ3v) is 4.15. The molecule has 3 N–H and O–H groups in total. The maximum absolute atomic E-state index is 11.9. The Morgan fingerprint density at radius 1 is 1.07 bits per heavy atom. The number of carbonyl (C=O) groups excluding carboxylic acids is 1. The average molecular weight is 481 g/mol. The molecule has 27 heavy (non-hydrogen) atoms. The summed E-state index contributed by atoms with van der Waals surface area (Å²) in [5.41, 5.74) is 6.72. The summed E-state index contributed by atoms with van der Waals surface area (Å²) < 4.78 is 0. The van der Waals surface area contributed by atoms with Crippen molar-refractivity contribution >= 4 is 41.8 Å². The van der Waals surface area contributed by atoms with Crippen molar-refractivity contribution in [2.24, 2.45) is 10.7 Å². The van der Waals surface area contributed by atoms with E-state index in [9.17, 15) is 4.79 Å². The first-order chi connectivity index (χ1) is 12.7. The van der Waals surface area contributed by atoms with Gasteiger partial charge in [-0.3, -0.25) is 9.79 Å². The molecule has 2 aromatic rings. The molecule has 0 atom stereocenters. The lowest BCUT2D eigenvalue weighted by Gasteiger charge is -2.35. The van der Waals surface area contributed by atoms with Crippen LogP contribution in [0.15, 0.2) is 53.8 Å². The summed E-state index contributed by atoms with van der Waals surface area (Å²) in [5.74, 6) is 1.15. The van der Waals surface area contributed by atoms with Crippen LogP contribution >= 0.6 is 24.0 Å². The second kappa shape index (κ2) is 10.7. The van der Waals surface area contributed by atoms with Crippen molar-refractivity contribution in [1.29, 1.82) is 0 Å². The monoisotopic (exact) mass is 481 g/mol. The highest BCUT2D eigenvalue weighted by Crippen LogP contribution is 2.09. The number of aromatic nitrogens is 2. The Kier molecular flexibility index (Phi) is 8.24. The van der Waals surface area contributed by atoms with Crippen LogP contribution in [0.2, 0.25) is 0 Å². The van der Waals surface area contributed by atoms with Gasteiger partial charge in [0.2, 0.25) is 5.95 Å². The predicted molar refractivity (Wildman–Crippen MR) is 116 cm³/mol. The lowest BCUT2D eigenvalue weighted by Crippen LogP contribution is -2.51. The van der Waals surface area contributed by atoms with E-state index in [2.05, 4.69) is 25.2 Å². The number of hydrogen-bond acceptors (Lipinski definition) is 5. The molecule has 1 aromatic heterocycles. The lowest BCUT2D eigenvalue weighted by molar-refractivity contribution is 0.0955. The number of anilines is 1. The van der Waals surface area contributed by atoms with Crippen LogP contribution in [0.5, 0.6) is 0 Å². The van der Waals surface area contributed by atoms with Gasteiger partial charge in [0.1, 0.15) is 0 Å². The smallest absolute Gasteiger partial charge is 0.251 e. The summed E-state index contributed by atoms with van der Waals surface area (Å²) in [6.45, 7) is 4.03. The van der Waals surface area contributed by atoms with Crippen molar-refractivity contribution in [3.63, 3.8) is 0 Å². The van der Waals surface area contributed by atoms with Crippen LogP contribution in [-0.2, 0) is 0 Å². The topological polar surface area (TPSA) is 99.7 Å². The quantitative estimate of drug-likeness (QED) is 0.286. The van der Waals surface area contributed by atoms with Gasteiger partial charge in [-0.2, -0.15) is 0 Å². The molecule has 1 amide bonds. The first-order valence-corrected chi connectivity index (χ1v) is 8.64. The molecule has 1 fully saturated rings. The number of benzene rings is 1. The first-order valence-electron chi connectivity index (χ1n) is 8.64. The summed E-state index contributed by atoms with van der Waals surface area (Å²) in [6.07, 6.45) is 3.49. The number of nitrogens with one attached hydrogen (secondary N) is 1. The largest absolute Gasteiger partial charge is 0.370 e. The number of nitrogens with zero attached hydrogens (tertiary/aromatic N) is 5. The zero-order chi connectivity index (χ0) is 18.2. The Morgan fingerprint density at radius 3 is 2.41 bits per heavy atom. The third kappa shape index (κ3) is 6.05. The molecule has 0 radical (unpaired) electrons. The Bertz CT molecular complexity index is 734. The summed E-state index contributed by atoms with van der Waals surface area (Å²) >= 11 is 0. The number of nitrogens with two attached hydrogens (primary N) is 1. The highest BCUT2D eigenvalue weighted by atomic mass is 127. The van der Waals surface area contributed by atoms with Gasteiger partial charge in [0.05, 0.1) is 6.54 Å². The Labute approximate surface area is 175 Å². The maximum Gasteiger partial charge on any atom is 0.251 e. The van der Waals surface area contributed by atoms with Crippen LogP contribution in [-0.4, -0.2) is 66.0 Å². The van der Waals surface area contributed by atoms with E-state index in [0.29, 0.717) is 24.6 Å². The highest BCUT2D eigenvalue weighted by Gasteiger charge is 2.19. The summed E-state index contributed by atoms with van der Waals surface area (Å²) in [5, 5.41) is 2.84. The molecule has 1 aliphatic heterocycles. The number of rotatable bonds is 5. The minimum absolute atomic E-state index is 0. The number of piperazine rings is 1. The number of guanidine groups is 1. The molecule has 3 rings (SSSR count). The fraction of sp³-hybridized carbons (Fsp3) is 0.333. The van der Waals surface area contributed by atoms with Crippen LogP contribution in [0, 0.1) is 0 Å². The highest BCUT2D eigenvalue weighted by molar-refractivity contribution is 14.0. The van der Waals surface area contributed by atoms with Crippen molar-refractivity contribution < 1.29 is 4.79 Å². The third-order valence-electron chi connectivity index (χ3n) is 4.15. The maximum atomic E-state index is 11.9. The molecule has 1 aromatic carbocycles. The van der Waals surface area contributed by atoms with Crippen LogP contribution < -0.4 is 16.0 Å². The molecule has 2 heterocycles. The second-order valence-electron chi connectivity index (χ2n) is 5.88. The number of amides is 1. The standard InChI is InChI=1S/C18H23N7O.HI/c19-17(21-10-9-20-16(26)15-5-2-1-3-6-15)24-11-13-25(14-12-24)18-22-7-4-8-23-18;/h1-8H,9-14H2,(H2,19,21)(H,20,26);1H. The fourth-order valence-corrected chi connectivity index (χ4v) is 2.72. The molecule has 0 spiro atoms. The van der Waals surface area contributed by atoms with Crippen LogP contribution in [0.3, 0.4) is 0 Å². The van der Waals surface area contributed by atoms with Gasteiger partial charge in [0.25, 0.3) is 5.91 Å². The molecule has 1 saturated heterocycles. The SMILES string of the molecule is I.NC(=NCCNC(=O)c1ccccc1)N1CCN(c2ncccn2)CC1. The molecule has 0 aliphatic carbocycles. The van der Waals surface area contributed by atoms with Crippen molar-refractivity contribution in [2.75, 3.05) is 44.2 Å². The van der Waals surface area contributed by atoms with Gasteiger partial charge in [-0.25, -0.2) is 9.97 Å². The predicted octanol–water partition coefficient (Wildman–Crippen LogP) is 0.961. The van der Waals surface area contributed by atoms with Gasteiger partial charge in [-0.15, -0.1) is 24.0 Å². The first kappa shape index (κ1) is 20.9. The fourth-order valence-electron chi connectivity index (χ4n) is 2.72. The summed E-state index contributed by atoms with van der Waals surface area (Å²) in [4.78, 5) is 29.0. The van der Waals surface area contributed by atoms with E-state index in [-0.39, 0.29) is 29.9 Å². The van der Waals surface area contributed by atoms with Gasteiger partial charge in [0.15, 0.2) is 5.96 Å². The van der Waals surface area contributed by atoms with E-state index in [1.807, 2.05) is 23.1 Å². The van der Waals surface area contributed by atoms with E-state index in [1.54, 1.807) is 30.6 Å². The van der Waals surface area contributed by atoms with Crippen molar-refractivity contribution in [3.05, 3.63) is 54.4 Å². The molecular formula is C18H24IN7O. The molecule has 0 saturated carbocycles. The van der Waals surface area contributed by atoms with Crippen molar-refractivity contribution in [2.45, 2.75) is 0 Å². The van der Waals surface area contributed by atoms with Crippen LogP contribution in [0.4, 0.5) is 5.95 Å². The van der Waals surface area contributed by atoms with Crippen molar-refractivity contribution in [1.82, 2.24) is 20.2 Å². The number of hydrogen-bond donors (Lipinski definition) is 2. The van der Waals surface area contributed by atoms with Gasteiger partial charge >= 0.3 is 0 Å². The van der Waals surface area contributed by atoms with Crippen LogP contribution in [0.25, 0.3) is 0 Å². The van der Waals surface area contributed by atoms with E-state index in [0.717, 1.165) is 32.1 Å². The van der Waals surface area contributed by atoms with Crippen molar-refractivity contribution in [3.8, 4) is 0 Å².